The van der Waals surface area contributed by atoms with Crippen molar-refractivity contribution in [2.24, 2.45) is 5.92 Å². The van der Waals surface area contributed by atoms with Gasteiger partial charge >= 0.3 is 0 Å². The molecule has 0 aliphatic carbocycles. The highest BCUT2D eigenvalue weighted by molar-refractivity contribution is 6.35. The first-order valence-electron chi connectivity index (χ1n) is 6.57. The van der Waals surface area contributed by atoms with Gasteiger partial charge in [0.15, 0.2) is 6.61 Å². The number of nitrogens with one attached hydrogen (secondary N) is 1. The van der Waals surface area contributed by atoms with Gasteiger partial charge in [0.05, 0.1) is 11.6 Å². The van der Waals surface area contributed by atoms with Crippen molar-refractivity contribution in [2.45, 2.75) is 12.8 Å². The first-order valence-corrected chi connectivity index (χ1v) is 7.33. The lowest BCUT2D eigenvalue weighted by molar-refractivity contribution is -0.123. The standard InChI is InChI=1S/C14H17Cl2NO3/c15-11-3-4-13(12(16)6-11)20-9-14(18)17-7-10-2-1-5-19-8-10/h3-4,6,10H,1-2,5,7-9H2,(H,17,18)/t10-/m1/s1. The van der Waals surface area contributed by atoms with E-state index in [1.807, 2.05) is 0 Å². The van der Waals surface area contributed by atoms with Gasteiger partial charge in [-0.1, -0.05) is 23.2 Å². The lowest BCUT2D eigenvalue weighted by Gasteiger charge is -2.22. The number of amides is 1. The number of hydrogen-bond donors (Lipinski definition) is 1. The lowest BCUT2D eigenvalue weighted by Crippen LogP contribution is -2.35. The van der Waals surface area contributed by atoms with Crippen LogP contribution in [-0.2, 0) is 9.53 Å². The third-order valence-corrected chi connectivity index (χ3v) is 3.63. The minimum Gasteiger partial charge on any atom is -0.482 e. The molecule has 0 unspecified atom stereocenters. The molecule has 1 aliphatic heterocycles. The van der Waals surface area contributed by atoms with Crippen LogP contribution in [0.4, 0.5) is 0 Å². The van der Waals surface area contributed by atoms with Gasteiger partial charge in [-0.3, -0.25) is 4.79 Å². The summed E-state index contributed by atoms with van der Waals surface area (Å²) >= 11 is 11.7. The van der Waals surface area contributed by atoms with Crippen molar-refractivity contribution in [1.29, 1.82) is 0 Å². The van der Waals surface area contributed by atoms with Crippen LogP contribution in [0.15, 0.2) is 18.2 Å². The molecule has 0 spiro atoms. The van der Waals surface area contributed by atoms with E-state index < -0.39 is 0 Å². The highest BCUT2D eigenvalue weighted by Gasteiger charge is 2.15. The Morgan fingerprint density at radius 2 is 2.30 bits per heavy atom. The van der Waals surface area contributed by atoms with E-state index in [1.165, 1.54) is 0 Å². The normalized spacial score (nSPS) is 18.6. The zero-order valence-corrected chi connectivity index (χ0v) is 12.5. The van der Waals surface area contributed by atoms with Crippen LogP contribution in [0, 0.1) is 5.92 Å². The molecule has 0 aromatic heterocycles. The topological polar surface area (TPSA) is 47.6 Å². The van der Waals surface area contributed by atoms with Gasteiger partial charge in [0.2, 0.25) is 0 Å². The summed E-state index contributed by atoms with van der Waals surface area (Å²) in [6.45, 7) is 2.10. The summed E-state index contributed by atoms with van der Waals surface area (Å²) in [5.74, 6) is 0.681. The number of benzene rings is 1. The van der Waals surface area contributed by atoms with Gasteiger partial charge in [-0.2, -0.15) is 0 Å². The van der Waals surface area contributed by atoms with Crippen LogP contribution in [0.1, 0.15) is 12.8 Å². The molecule has 0 radical (unpaired) electrons. The Morgan fingerprint density at radius 3 is 3.00 bits per heavy atom. The first kappa shape index (κ1) is 15.4. The summed E-state index contributed by atoms with van der Waals surface area (Å²) in [5, 5.41) is 3.77. The smallest absolute Gasteiger partial charge is 0.257 e. The van der Waals surface area contributed by atoms with E-state index in [-0.39, 0.29) is 12.5 Å². The maximum atomic E-state index is 11.7. The van der Waals surface area contributed by atoms with Gasteiger partial charge < -0.3 is 14.8 Å². The molecule has 0 bridgehead atoms. The second kappa shape index (κ2) is 7.72. The number of hydrogen-bond acceptors (Lipinski definition) is 3. The maximum Gasteiger partial charge on any atom is 0.257 e. The predicted octanol–water partition coefficient (Wildman–Crippen LogP) is 2.92. The number of rotatable bonds is 5. The Morgan fingerprint density at radius 1 is 1.45 bits per heavy atom. The number of carbonyl (C=O) groups is 1. The molecule has 4 nitrogen and oxygen atoms in total. The molecule has 1 aromatic rings. The van der Waals surface area contributed by atoms with Crippen molar-refractivity contribution >= 4 is 29.1 Å². The molecule has 2 rings (SSSR count). The Balaban J connectivity index is 1.71. The van der Waals surface area contributed by atoms with E-state index in [4.69, 9.17) is 32.7 Å². The van der Waals surface area contributed by atoms with Crippen molar-refractivity contribution in [2.75, 3.05) is 26.4 Å². The molecule has 0 saturated carbocycles. The van der Waals surface area contributed by atoms with Crippen LogP contribution in [0.2, 0.25) is 10.0 Å². The van der Waals surface area contributed by atoms with E-state index in [9.17, 15) is 4.79 Å². The summed E-state index contributed by atoms with van der Waals surface area (Å²) in [5.41, 5.74) is 0. The monoisotopic (exact) mass is 317 g/mol. The zero-order chi connectivity index (χ0) is 14.4. The van der Waals surface area contributed by atoms with Crippen molar-refractivity contribution < 1.29 is 14.3 Å². The highest BCUT2D eigenvalue weighted by atomic mass is 35.5. The van der Waals surface area contributed by atoms with Gasteiger partial charge in [-0.05, 0) is 37.0 Å². The second-order valence-electron chi connectivity index (χ2n) is 4.75. The molecular weight excluding hydrogens is 301 g/mol. The van der Waals surface area contributed by atoms with Crippen LogP contribution in [0.25, 0.3) is 0 Å². The minimum absolute atomic E-state index is 0.0606. The Labute approximate surface area is 128 Å². The molecule has 110 valence electrons. The summed E-state index contributed by atoms with van der Waals surface area (Å²) < 4.78 is 10.7. The van der Waals surface area contributed by atoms with E-state index in [1.54, 1.807) is 18.2 Å². The van der Waals surface area contributed by atoms with Crippen molar-refractivity contribution in [3.63, 3.8) is 0 Å². The summed E-state index contributed by atoms with van der Waals surface area (Å²) in [4.78, 5) is 11.7. The van der Waals surface area contributed by atoms with E-state index >= 15 is 0 Å². The largest absolute Gasteiger partial charge is 0.482 e. The molecule has 20 heavy (non-hydrogen) atoms. The fourth-order valence-corrected chi connectivity index (χ4v) is 2.48. The van der Waals surface area contributed by atoms with Crippen molar-refractivity contribution in [3.8, 4) is 5.75 Å². The van der Waals surface area contributed by atoms with Gasteiger partial charge in [-0.15, -0.1) is 0 Å². The van der Waals surface area contributed by atoms with E-state index in [2.05, 4.69) is 5.32 Å². The van der Waals surface area contributed by atoms with Crippen LogP contribution in [0.3, 0.4) is 0 Å². The van der Waals surface area contributed by atoms with E-state index in [0.717, 1.165) is 19.4 Å². The number of ether oxygens (including phenoxy) is 2. The van der Waals surface area contributed by atoms with Crippen LogP contribution in [0.5, 0.6) is 5.75 Å². The SMILES string of the molecule is O=C(COc1ccc(Cl)cc1Cl)NC[C@H]1CCCOC1. The Hall–Kier alpha value is -0.970. The Kier molecular flexibility index (Phi) is 5.95. The molecule has 1 aromatic carbocycles. The molecule has 1 heterocycles. The molecule has 1 atom stereocenters. The molecule has 1 N–H and O–H groups in total. The van der Waals surface area contributed by atoms with E-state index in [0.29, 0.717) is 34.9 Å². The van der Waals surface area contributed by atoms with Gasteiger partial charge in [0.1, 0.15) is 5.75 Å². The van der Waals surface area contributed by atoms with Crippen LogP contribution >= 0.6 is 23.2 Å². The summed E-state index contributed by atoms with van der Waals surface area (Å²) in [6.07, 6.45) is 2.14. The molecule has 6 heteroatoms. The lowest BCUT2D eigenvalue weighted by atomic mass is 10.0. The number of carbonyl (C=O) groups excluding carboxylic acids is 1. The third-order valence-electron chi connectivity index (χ3n) is 3.10. The Bertz CT molecular complexity index is 462. The molecular formula is C14H17Cl2NO3. The minimum atomic E-state index is -0.165. The average Bonchev–Trinajstić information content (AvgIpc) is 2.45. The molecule has 1 aliphatic rings. The summed E-state index contributed by atoms with van der Waals surface area (Å²) in [6, 6.07) is 4.89. The van der Waals surface area contributed by atoms with Gasteiger partial charge in [0.25, 0.3) is 5.91 Å². The fraction of sp³-hybridized carbons (Fsp3) is 0.500. The van der Waals surface area contributed by atoms with Crippen LogP contribution < -0.4 is 10.1 Å². The predicted molar refractivity (Wildman–Crippen MR) is 78.5 cm³/mol. The first-order chi connectivity index (χ1) is 9.65. The molecule has 1 fully saturated rings. The number of halogens is 2. The average molecular weight is 318 g/mol. The maximum absolute atomic E-state index is 11.7. The molecule has 1 amide bonds. The third kappa shape index (κ3) is 4.85. The van der Waals surface area contributed by atoms with Crippen molar-refractivity contribution in [1.82, 2.24) is 5.32 Å². The quantitative estimate of drug-likeness (QED) is 0.908. The van der Waals surface area contributed by atoms with Crippen LogP contribution in [-0.4, -0.2) is 32.3 Å². The molecule has 1 saturated heterocycles. The van der Waals surface area contributed by atoms with Gasteiger partial charge in [-0.25, -0.2) is 0 Å². The highest BCUT2D eigenvalue weighted by Crippen LogP contribution is 2.27. The zero-order valence-electron chi connectivity index (χ0n) is 11.0. The van der Waals surface area contributed by atoms with Gasteiger partial charge in [0, 0.05) is 18.2 Å². The second-order valence-corrected chi connectivity index (χ2v) is 5.59. The van der Waals surface area contributed by atoms with Crippen molar-refractivity contribution in [3.05, 3.63) is 28.2 Å². The fourth-order valence-electron chi connectivity index (χ4n) is 2.01. The summed E-state index contributed by atoms with van der Waals surface area (Å²) in [7, 11) is 0.